The molecule has 7 nitrogen and oxygen atoms in total. The summed E-state index contributed by atoms with van der Waals surface area (Å²) in [5.74, 6) is 0.359. The average Bonchev–Trinajstić information content (AvgIpc) is 3.29. The maximum absolute atomic E-state index is 12.3. The topological polar surface area (TPSA) is 85.6 Å². The first-order chi connectivity index (χ1) is 11.8. The first-order valence-electron chi connectivity index (χ1n) is 7.23. The first-order valence-corrected chi connectivity index (χ1v) is 8.05. The Morgan fingerprint density at radius 1 is 1.25 bits per heavy atom. The molecule has 8 heteroatoms. The number of fused-ring (bicyclic) bond motifs is 1. The Bertz CT molecular complexity index is 962. The van der Waals surface area contributed by atoms with E-state index in [2.05, 4.69) is 25.4 Å². The van der Waals surface area contributed by atoms with Gasteiger partial charge in [-0.15, -0.1) is 11.3 Å². The van der Waals surface area contributed by atoms with Gasteiger partial charge in [-0.05, 0) is 24.3 Å². The summed E-state index contributed by atoms with van der Waals surface area (Å²) in [6.07, 6.45) is 4.52. The van der Waals surface area contributed by atoms with Crippen LogP contribution in [0, 0.1) is 0 Å². The van der Waals surface area contributed by atoms with Crippen LogP contribution in [0.5, 0.6) is 0 Å². The molecule has 1 N–H and O–H groups in total. The van der Waals surface area contributed by atoms with Crippen molar-refractivity contribution in [3.8, 4) is 5.82 Å². The molecule has 0 radical (unpaired) electrons. The lowest BCUT2D eigenvalue weighted by molar-refractivity contribution is 0.0950. The van der Waals surface area contributed by atoms with Gasteiger partial charge < -0.3 is 5.32 Å². The molecule has 0 atom stereocenters. The zero-order valence-electron chi connectivity index (χ0n) is 12.5. The molecule has 24 heavy (non-hydrogen) atoms. The van der Waals surface area contributed by atoms with Crippen LogP contribution in [0.15, 0.2) is 55.2 Å². The Balaban J connectivity index is 1.49. The molecule has 118 valence electrons. The molecule has 0 aliphatic rings. The van der Waals surface area contributed by atoms with E-state index in [0.29, 0.717) is 17.9 Å². The first kappa shape index (κ1) is 14.5. The lowest BCUT2D eigenvalue weighted by Crippen LogP contribution is -2.23. The Morgan fingerprint density at radius 2 is 2.17 bits per heavy atom. The van der Waals surface area contributed by atoms with Crippen LogP contribution in [0.2, 0.25) is 0 Å². The summed E-state index contributed by atoms with van der Waals surface area (Å²) >= 11 is 1.58. The van der Waals surface area contributed by atoms with Crippen LogP contribution in [0.25, 0.3) is 16.0 Å². The molecule has 0 unspecified atom stereocenters. The number of para-hydroxylation sites is 1. The third kappa shape index (κ3) is 2.86. The van der Waals surface area contributed by atoms with Gasteiger partial charge in [-0.3, -0.25) is 4.79 Å². The summed E-state index contributed by atoms with van der Waals surface area (Å²) in [6, 6.07) is 11.2. The molecule has 4 aromatic rings. The van der Waals surface area contributed by atoms with Crippen LogP contribution in [-0.2, 0) is 6.54 Å². The van der Waals surface area contributed by atoms with Gasteiger partial charge in [0, 0.05) is 11.8 Å². The van der Waals surface area contributed by atoms with Crippen molar-refractivity contribution in [1.29, 1.82) is 0 Å². The van der Waals surface area contributed by atoms with Crippen molar-refractivity contribution >= 4 is 27.5 Å². The standard InChI is InChI=1S/C16H12N6OS/c23-16(11-5-6-18-14(7-11)22-10-17-9-20-22)19-8-15-21-12-3-1-2-4-13(12)24-15/h1-7,9-10H,8H2,(H,19,23). The maximum atomic E-state index is 12.3. The van der Waals surface area contributed by atoms with Crippen molar-refractivity contribution in [3.63, 3.8) is 0 Å². The second-order valence-electron chi connectivity index (χ2n) is 5.00. The Labute approximate surface area is 141 Å². The number of aromatic nitrogens is 5. The minimum absolute atomic E-state index is 0.182. The molecule has 0 aliphatic carbocycles. The zero-order valence-corrected chi connectivity index (χ0v) is 13.3. The second kappa shape index (κ2) is 6.17. The number of pyridine rings is 1. The molecule has 0 saturated heterocycles. The van der Waals surface area contributed by atoms with Gasteiger partial charge in [0.05, 0.1) is 16.8 Å². The highest BCUT2D eigenvalue weighted by Gasteiger charge is 2.10. The monoisotopic (exact) mass is 336 g/mol. The molecule has 1 amide bonds. The van der Waals surface area contributed by atoms with Gasteiger partial charge in [0.15, 0.2) is 5.82 Å². The van der Waals surface area contributed by atoms with Gasteiger partial charge in [0.1, 0.15) is 17.7 Å². The quantitative estimate of drug-likeness (QED) is 0.617. The molecule has 0 saturated carbocycles. The predicted octanol–water partition coefficient (Wildman–Crippen LogP) is 2.20. The Morgan fingerprint density at radius 3 is 3.00 bits per heavy atom. The molecular weight excluding hydrogens is 324 g/mol. The lowest BCUT2D eigenvalue weighted by atomic mass is 10.2. The van der Waals surface area contributed by atoms with E-state index < -0.39 is 0 Å². The molecular formula is C16H12N6OS. The minimum atomic E-state index is -0.182. The summed E-state index contributed by atoms with van der Waals surface area (Å²) < 4.78 is 2.61. The number of nitrogens with zero attached hydrogens (tertiary/aromatic N) is 5. The number of hydrogen-bond acceptors (Lipinski definition) is 6. The Hall–Kier alpha value is -3.13. The van der Waals surface area contributed by atoms with Crippen LogP contribution < -0.4 is 5.32 Å². The predicted molar refractivity (Wildman–Crippen MR) is 89.9 cm³/mol. The summed E-state index contributed by atoms with van der Waals surface area (Å²) in [6.45, 7) is 0.388. The Kier molecular flexibility index (Phi) is 3.72. The van der Waals surface area contributed by atoms with E-state index in [1.807, 2.05) is 24.3 Å². The number of carbonyl (C=O) groups is 1. The third-order valence-electron chi connectivity index (χ3n) is 3.40. The third-order valence-corrected chi connectivity index (χ3v) is 4.44. The van der Waals surface area contributed by atoms with Crippen LogP contribution in [0.4, 0.5) is 0 Å². The van der Waals surface area contributed by atoms with Crippen molar-refractivity contribution < 1.29 is 4.79 Å². The molecule has 1 aromatic carbocycles. The van der Waals surface area contributed by atoms with E-state index in [-0.39, 0.29) is 5.91 Å². The van der Waals surface area contributed by atoms with Crippen molar-refractivity contribution in [3.05, 3.63) is 65.8 Å². The minimum Gasteiger partial charge on any atom is -0.346 e. The lowest BCUT2D eigenvalue weighted by Gasteiger charge is -2.05. The van der Waals surface area contributed by atoms with Gasteiger partial charge in [-0.2, -0.15) is 5.10 Å². The van der Waals surface area contributed by atoms with Gasteiger partial charge in [0.2, 0.25) is 0 Å². The largest absolute Gasteiger partial charge is 0.346 e. The summed E-state index contributed by atoms with van der Waals surface area (Å²) in [5.41, 5.74) is 1.46. The van der Waals surface area contributed by atoms with E-state index in [1.54, 1.807) is 29.7 Å². The highest BCUT2D eigenvalue weighted by Crippen LogP contribution is 2.21. The van der Waals surface area contributed by atoms with E-state index in [1.165, 1.54) is 17.3 Å². The maximum Gasteiger partial charge on any atom is 0.251 e. The van der Waals surface area contributed by atoms with E-state index in [4.69, 9.17) is 0 Å². The SMILES string of the molecule is O=C(NCc1nc2ccccc2s1)c1ccnc(-n2cncn2)c1. The highest BCUT2D eigenvalue weighted by atomic mass is 32.1. The number of amides is 1. The van der Waals surface area contributed by atoms with E-state index >= 15 is 0 Å². The van der Waals surface area contributed by atoms with Gasteiger partial charge in [-0.1, -0.05) is 12.1 Å². The van der Waals surface area contributed by atoms with Gasteiger partial charge in [0.25, 0.3) is 5.91 Å². The molecule has 0 aliphatic heterocycles. The van der Waals surface area contributed by atoms with E-state index in [0.717, 1.165) is 15.2 Å². The number of benzene rings is 1. The summed E-state index contributed by atoms with van der Waals surface area (Å²) in [5, 5.41) is 7.76. The van der Waals surface area contributed by atoms with Crippen molar-refractivity contribution in [1.82, 2.24) is 30.0 Å². The zero-order chi connectivity index (χ0) is 16.4. The van der Waals surface area contributed by atoms with Crippen molar-refractivity contribution in [2.24, 2.45) is 0 Å². The molecule has 0 bridgehead atoms. The molecule has 0 fully saturated rings. The fourth-order valence-corrected chi connectivity index (χ4v) is 3.17. The van der Waals surface area contributed by atoms with E-state index in [9.17, 15) is 4.79 Å². The fraction of sp³-hybridized carbons (Fsp3) is 0.0625. The second-order valence-corrected chi connectivity index (χ2v) is 6.12. The van der Waals surface area contributed by atoms with Crippen molar-refractivity contribution in [2.45, 2.75) is 6.54 Å². The van der Waals surface area contributed by atoms with Gasteiger partial charge in [-0.25, -0.2) is 19.6 Å². The molecule has 3 heterocycles. The average molecular weight is 336 g/mol. The molecule has 3 aromatic heterocycles. The van der Waals surface area contributed by atoms with Crippen LogP contribution >= 0.6 is 11.3 Å². The number of thiazole rings is 1. The van der Waals surface area contributed by atoms with Crippen LogP contribution in [0.3, 0.4) is 0 Å². The summed E-state index contributed by atoms with van der Waals surface area (Å²) in [4.78, 5) is 24.9. The van der Waals surface area contributed by atoms with Crippen LogP contribution in [-0.4, -0.2) is 30.6 Å². The molecule has 4 rings (SSSR count). The van der Waals surface area contributed by atoms with Gasteiger partial charge >= 0.3 is 0 Å². The number of carbonyl (C=O) groups excluding carboxylic acids is 1. The normalized spacial score (nSPS) is 10.8. The number of hydrogen-bond donors (Lipinski definition) is 1. The highest BCUT2D eigenvalue weighted by molar-refractivity contribution is 7.18. The number of rotatable bonds is 4. The number of nitrogens with one attached hydrogen (secondary N) is 1. The van der Waals surface area contributed by atoms with Crippen LogP contribution in [0.1, 0.15) is 15.4 Å². The summed E-state index contributed by atoms with van der Waals surface area (Å²) in [7, 11) is 0. The smallest absolute Gasteiger partial charge is 0.251 e. The fourth-order valence-electron chi connectivity index (χ4n) is 2.26. The molecule has 0 spiro atoms. The van der Waals surface area contributed by atoms with Crippen molar-refractivity contribution in [2.75, 3.05) is 0 Å².